The van der Waals surface area contributed by atoms with Gasteiger partial charge in [-0.3, -0.25) is 0 Å². The Morgan fingerprint density at radius 3 is 2.62 bits per heavy atom. The average molecular weight is 413 g/mol. The van der Waals surface area contributed by atoms with Crippen LogP contribution in [0.1, 0.15) is 55.3 Å². The number of halogens is 1. The molecule has 0 radical (unpaired) electrons. The zero-order valence-corrected chi connectivity index (χ0v) is 17.7. The van der Waals surface area contributed by atoms with Gasteiger partial charge in [-0.15, -0.1) is 0 Å². The topological polar surface area (TPSA) is 68.3 Å². The normalized spacial score (nSPS) is 12.1. The highest BCUT2D eigenvalue weighted by molar-refractivity contribution is 6.31. The molecule has 0 aliphatic heterocycles. The standard InChI is InChI=1S/C23H25ClN2O3/c1-4-5-10-21-25-13-19(26(21)14-17-8-6-7-9-18(17)24)16(3)22(23(27)28)20-12-11-15(2)29-20/h6-9,11-13H,4-5,10,14H2,1-3H3,(H,27,28). The van der Waals surface area contributed by atoms with Gasteiger partial charge in [-0.1, -0.05) is 43.1 Å². The number of aromatic nitrogens is 2. The molecule has 0 aliphatic rings. The minimum Gasteiger partial charge on any atom is -0.478 e. The maximum atomic E-state index is 12.1. The Morgan fingerprint density at radius 1 is 1.24 bits per heavy atom. The first-order valence-corrected chi connectivity index (χ1v) is 10.1. The first kappa shape index (κ1) is 20.9. The van der Waals surface area contributed by atoms with E-state index in [0.717, 1.165) is 36.3 Å². The lowest BCUT2D eigenvalue weighted by atomic mass is 10.0. The van der Waals surface area contributed by atoms with Crippen molar-refractivity contribution in [3.05, 3.63) is 76.2 Å². The van der Waals surface area contributed by atoms with Crippen molar-refractivity contribution in [2.45, 2.75) is 46.6 Å². The molecule has 2 heterocycles. The molecule has 1 N–H and O–H groups in total. The van der Waals surface area contributed by atoms with Crippen LogP contribution < -0.4 is 0 Å². The summed E-state index contributed by atoms with van der Waals surface area (Å²) in [6.07, 6.45) is 4.62. The third-order valence-electron chi connectivity index (χ3n) is 4.94. The Morgan fingerprint density at radius 2 is 2.00 bits per heavy atom. The number of nitrogens with zero attached hydrogens (tertiary/aromatic N) is 2. The second-order valence-corrected chi connectivity index (χ2v) is 7.46. The largest absolute Gasteiger partial charge is 0.478 e. The van der Waals surface area contributed by atoms with Gasteiger partial charge in [0.25, 0.3) is 0 Å². The molecule has 0 bridgehead atoms. The first-order chi connectivity index (χ1) is 13.9. The molecule has 3 aromatic rings. The van der Waals surface area contributed by atoms with Crippen molar-refractivity contribution < 1.29 is 14.3 Å². The number of allylic oxidation sites excluding steroid dienone is 1. The van der Waals surface area contributed by atoms with Crippen molar-refractivity contribution in [3.8, 4) is 0 Å². The Balaban J connectivity index is 2.13. The summed E-state index contributed by atoms with van der Waals surface area (Å²) in [6, 6.07) is 11.1. The van der Waals surface area contributed by atoms with E-state index >= 15 is 0 Å². The maximum absolute atomic E-state index is 12.1. The molecule has 3 rings (SSSR count). The van der Waals surface area contributed by atoms with Crippen LogP contribution in [0.25, 0.3) is 11.1 Å². The van der Waals surface area contributed by atoms with Crippen LogP contribution in [-0.4, -0.2) is 20.6 Å². The number of imidazole rings is 1. The molecule has 0 spiro atoms. The number of hydrogen-bond acceptors (Lipinski definition) is 3. The monoisotopic (exact) mass is 412 g/mol. The molecule has 2 aromatic heterocycles. The average Bonchev–Trinajstić information content (AvgIpc) is 3.28. The molecule has 0 fully saturated rings. The van der Waals surface area contributed by atoms with Crippen molar-refractivity contribution in [1.82, 2.24) is 9.55 Å². The zero-order valence-electron chi connectivity index (χ0n) is 16.9. The van der Waals surface area contributed by atoms with E-state index in [-0.39, 0.29) is 5.57 Å². The van der Waals surface area contributed by atoms with E-state index in [9.17, 15) is 9.90 Å². The molecule has 0 unspecified atom stereocenters. The maximum Gasteiger partial charge on any atom is 0.339 e. The van der Waals surface area contributed by atoms with E-state index in [0.29, 0.717) is 28.7 Å². The van der Waals surface area contributed by atoms with Crippen LogP contribution in [0, 0.1) is 6.92 Å². The minimum atomic E-state index is -1.03. The van der Waals surface area contributed by atoms with E-state index in [1.807, 2.05) is 24.3 Å². The Labute approximate surface area is 175 Å². The van der Waals surface area contributed by atoms with Crippen LogP contribution in [0.15, 0.2) is 47.0 Å². The summed E-state index contributed by atoms with van der Waals surface area (Å²) in [4.78, 5) is 16.7. The van der Waals surface area contributed by atoms with E-state index < -0.39 is 5.97 Å². The van der Waals surface area contributed by atoms with Crippen LogP contribution >= 0.6 is 11.6 Å². The van der Waals surface area contributed by atoms with E-state index in [4.69, 9.17) is 16.0 Å². The van der Waals surface area contributed by atoms with Gasteiger partial charge in [0.15, 0.2) is 0 Å². The summed E-state index contributed by atoms with van der Waals surface area (Å²) < 4.78 is 7.67. The van der Waals surface area contributed by atoms with Crippen molar-refractivity contribution >= 4 is 28.7 Å². The van der Waals surface area contributed by atoms with Gasteiger partial charge in [-0.05, 0) is 49.6 Å². The van der Waals surface area contributed by atoms with Crippen molar-refractivity contribution in [2.75, 3.05) is 0 Å². The van der Waals surface area contributed by atoms with Gasteiger partial charge in [0.2, 0.25) is 0 Å². The minimum absolute atomic E-state index is 0.139. The molecular formula is C23H25ClN2O3. The quantitative estimate of drug-likeness (QED) is 0.471. The highest BCUT2D eigenvalue weighted by Gasteiger charge is 2.22. The van der Waals surface area contributed by atoms with Crippen molar-refractivity contribution in [2.24, 2.45) is 0 Å². The SMILES string of the molecule is CCCCc1ncc(C(C)=C(C(=O)O)c2ccc(C)o2)n1Cc1ccccc1Cl. The van der Waals surface area contributed by atoms with Crippen LogP contribution in [-0.2, 0) is 17.8 Å². The molecule has 0 saturated heterocycles. The summed E-state index contributed by atoms with van der Waals surface area (Å²) in [6.45, 7) is 6.25. The lowest BCUT2D eigenvalue weighted by Gasteiger charge is -2.15. The number of carboxylic acids is 1. The second-order valence-electron chi connectivity index (χ2n) is 7.06. The predicted octanol–water partition coefficient (Wildman–Crippen LogP) is 5.84. The number of aryl methyl sites for hydroxylation is 2. The number of carboxylic acid groups (broad SMARTS) is 1. The number of benzene rings is 1. The lowest BCUT2D eigenvalue weighted by molar-refractivity contribution is -0.130. The highest BCUT2D eigenvalue weighted by Crippen LogP contribution is 2.30. The zero-order chi connectivity index (χ0) is 21.0. The molecule has 152 valence electrons. The fourth-order valence-corrected chi connectivity index (χ4v) is 3.56. The van der Waals surface area contributed by atoms with Gasteiger partial charge in [0.1, 0.15) is 22.9 Å². The molecule has 1 aromatic carbocycles. The number of furan rings is 1. The third kappa shape index (κ3) is 4.62. The molecule has 0 atom stereocenters. The molecule has 0 amide bonds. The van der Waals surface area contributed by atoms with E-state index in [1.165, 1.54) is 0 Å². The van der Waals surface area contributed by atoms with Crippen LogP contribution in [0.5, 0.6) is 0 Å². The molecule has 0 saturated carbocycles. The van der Waals surface area contributed by atoms with Crippen LogP contribution in [0.3, 0.4) is 0 Å². The number of aliphatic carboxylic acids is 1. The van der Waals surface area contributed by atoms with Crippen LogP contribution in [0.2, 0.25) is 5.02 Å². The van der Waals surface area contributed by atoms with Gasteiger partial charge in [-0.25, -0.2) is 9.78 Å². The number of hydrogen-bond donors (Lipinski definition) is 1. The molecular weight excluding hydrogens is 388 g/mol. The van der Waals surface area contributed by atoms with Gasteiger partial charge < -0.3 is 14.1 Å². The highest BCUT2D eigenvalue weighted by atomic mass is 35.5. The van der Waals surface area contributed by atoms with Gasteiger partial charge >= 0.3 is 5.97 Å². The molecule has 5 nitrogen and oxygen atoms in total. The van der Waals surface area contributed by atoms with Crippen LogP contribution in [0.4, 0.5) is 0 Å². The molecule has 29 heavy (non-hydrogen) atoms. The number of rotatable bonds is 8. The first-order valence-electron chi connectivity index (χ1n) is 9.71. The lowest BCUT2D eigenvalue weighted by Crippen LogP contribution is -2.10. The fraction of sp³-hybridized carbons (Fsp3) is 0.304. The van der Waals surface area contributed by atoms with Gasteiger partial charge in [0.05, 0.1) is 18.4 Å². The van der Waals surface area contributed by atoms with Gasteiger partial charge in [-0.2, -0.15) is 0 Å². The summed E-state index contributed by atoms with van der Waals surface area (Å²) in [5.74, 6) is 0.895. The molecule has 6 heteroatoms. The van der Waals surface area contributed by atoms with E-state index in [1.54, 1.807) is 32.2 Å². The summed E-state index contributed by atoms with van der Waals surface area (Å²) in [5.41, 5.74) is 2.46. The van der Waals surface area contributed by atoms with Crippen molar-refractivity contribution in [1.29, 1.82) is 0 Å². The predicted molar refractivity (Wildman–Crippen MR) is 115 cm³/mol. The van der Waals surface area contributed by atoms with Gasteiger partial charge in [0, 0.05) is 11.4 Å². The third-order valence-corrected chi connectivity index (χ3v) is 5.31. The summed E-state index contributed by atoms with van der Waals surface area (Å²) >= 11 is 6.39. The smallest absolute Gasteiger partial charge is 0.339 e. The second kappa shape index (κ2) is 9.14. The Kier molecular flexibility index (Phi) is 6.60. The van der Waals surface area contributed by atoms with E-state index in [2.05, 4.69) is 16.5 Å². The number of carbonyl (C=O) groups is 1. The Bertz CT molecular complexity index is 1050. The molecule has 0 aliphatic carbocycles. The Hall–Kier alpha value is -2.79. The van der Waals surface area contributed by atoms with Crippen molar-refractivity contribution in [3.63, 3.8) is 0 Å². The summed E-state index contributed by atoms with van der Waals surface area (Å²) in [7, 11) is 0. The fourth-order valence-electron chi connectivity index (χ4n) is 3.37. The summed E-state index contributed by atoms with van der Waals surface area (Å²) in [5, 5.41) is 10.5. The number of unbranched alkanes of at least 4 members (excludes halogenated alkanes) is 1.